The molecule has 1 amide bonds. The maximum atomic E-state index is 14.0. The lowest BCUT2D eigenvalue weighted by molar-refractivity contribution is -0.121. The van der Waals surface area contributed by atoms with E-state index in [2.05, 4.69) is 84.7 Å². The van der Waals surface area contributed by atoms with Gasteiger partial charge in [0, 0.05) is 36.4 Å². The number of carbonyl (C=O) groups is 1. The Morgan fingerprint density at radius 2 is 2.05 bits per heavy atom. The van der Waals surface area contributed by atoms with Gasteiger partial charge in [0.25, 0.3) is 0 Å². The molecule has 2 N–H and O–H groups in total. The van der Waals surface area contributed by atoms with Crippen molar-refractivity contribution in [3.8, 4) is 0 Å². The number of hydrogen-bond donors (Lipinski definition) is 2. The van der Waals surface area contributed by atoms with Crippen LogP contribution in [0.4, 0.5) is 11.4 Å². The van der Waals surface area contributed by atoms with Crippen LogP contribution in [0, 0.1) is 5.92 Å². The van der Waals surface area contributed by atoms with Crippen LogP contribution in [0.2, 0.25) is 0 Å². The average molecular weight is 525 g/mol. The predicted octanol–water partition coefficient (Wildman–Crippen LogP) is 6.61. The highest BCUT2D eigenvalue weighted by Gasteiger charge is 2.30. The van der Waals surface area contributed by atoms with Crippen LogP contribution in [0.3, 0.4) is 0 Å². The van der Waals surface area contributed by atoms with Gasteiger partial charge in [-0.25, -0.2) is 0 Å². The standard InChI is InChI=1S/C33H40N4O2/c1-4-18-36(3)19-7-8-21-39-32-23-27(11-13-28(32)25-12-14-29-26(22-25)15-17-34-29)33(38)37-20-16-24(2)35-30-9-5-6-10-31(30)37/h5-10,12-15,17,22-24,27,34-35H,4,11,16,18-21H2,1-3H3/b8-7+/t24-,27?/m0/s1. The second kappa shape index (κ2) is 12.4. The number of H-pyrrole nitrogens is 1. The van der Waals surface area contributed by atoms with Gasteiger partial charge in [-0.3, -0.25) is 4.79 Å². The van der Waals surface area contributed by atoms with E-state index < -0.39 is 0 Å². The number of hydrogen-bond acceptors (Lipinski definition) is 4. The number of benzene rings is 2. The summed E-state index contributed by atoms with van der Waals surface area (Å²) in [5.41, 5.74) is 5.22. The summed E-state index contributed by atoms with van der Waals surface area (Å²) in [5, 5.41) is 4.72. The van der Waals surface area contributed by atoms with Gasteiger partial charge in [0.05, 0.1) is 17.3 Å². The number of aromatic nitrogens is 1. The van der Waals surface area contributed by atoms with Crippen LogP contribution in [0.5, 0.6) is 0 Å². The third-order valence-electron chi connectivity index (χ3n) is 7.55. The van der Waals surface area contributed by atoms with Crippen molar-refractivity contribution in [3.63, 3.8) is 0 Å². The minimum Gasteiger partial charge on any atom is -0.489 e. The van der Waals surface area contributed by atoms with E-state index in [4.69, 9.17) is 4.74 Å². The SMILES string of the molecule is CCCN(C)C/C=C/COC1=CC(C(=O)N2CC[C@H](C)Nc3ccccc32)CC=C1c1ccc2[nH]ccc2c1. The van der Waals surface area contributed by atoms with Crippen LogP contribution in [-0.4, -0.2) is 55.1 Å². The molecule has 3 aromatic rings. The zero-order chi connectivity index (χ0) is 27.2. The molecular weight excluding hydrogens is 484 g/mol. The van der Waals surface area contributed by atoms with E-state index in [0.717, 1.165) is 65.1 Å². The van der Waals surface area contributed by atoms with Crippen molar-refractivity contribution in [2.24, 2.45) is 5.92 Å². The highest BCUT2D eigenvalue weighted by Crippen LogP contribution is 2.36. The number of nitrogens with zero attached hydrogens (tertiary/aromatic N) is 2. The first-order valence-corrected chi connectivity index (χ1v) is 14.2. The molecule has 1 aliphatic heterocycles. The van der Waals surface area contributed by atoms with Crippen LogP contribution < -0.4 is 10.2 Å². The number of para-hydroxylation sites is 2. The van der Waals surface area contributed by atoms with Gasteiger partial charge in [-0.1, -0.05) is 43.4 Å². The summed E-state index contributed by atoms with van der Waals surface area (Å²) in [5.74, 6) is 0.615. The number of nitrogens with one attached hydrogen (secondary N) is 2. The molecule has 0 saturated carbocycles. The van der Waals surface area contributed by atoms with Gasteiger partial charge in [-0.05, 0) is 87.1 Å². The van der Waals surface area contributed by atoms with Gasteiger partial charge in [-0.2, -0.15) is 0 Å². The van der Waals surface area contributed by atoms with E-state index in [-0.39, 0.29) is 11.8 Å². The quantitative estimate of drug-likeness (QED) is 0.309. The molecule has 1 aliphatic carbocycles. The van der Waals surface area contributed by atoms with E-state index in [1.807, 2.05) is 35.4 Å². The topological polar surface area (TPSA) is 60.6 Å². The van der Waals surface area contributed by atoms with Crippen LogP contribution in [-0.2, 0) is 9.53 Å². The van der Waals surface area contributed by atoms with Crippen LogP contribution in [0.15, 0.2) is 84.8 Å². The van der Waals surface area contributed by atoms with Gasteiger partial charge >= 0.3 is 0 Å². The van der Waals surface area contributed by atoms with E-state index in [9.17, 15) is 4.79 Å². The summed E-state index contributed by atoms with van der Waals surface area (Å²) in [6.45, 7) is 7.48. The first-order chi connectivity index (χ1) is 19.0. The molecule has 0 fully saturated rings. The molecule has 0 saturated heterocycles. The highest BCUT2D eigenvalue weighted by atomic mass is 16.5. The van der Waals surface area contributed by atoms with Crippen molar-refractivity contribution in [2.75, 3.05) is 43.5 Å². The molecule has 2 aliphatic rings. The van der Waals surface area contributed by atoms with E-state index in [1.165, 1.54) is 0 Å². The van der Waals surface area contributed by atoms with Crippen molar-refractivity contribution >= 4 is 33.8 Å². The van der Waals surface area contributed by atoms with Crippen molar-refractivity contribution in [3.05, 3.63) is 90.4 Å². The Balaban J connectivity index is 1.38. The zero-order valence-electron chi connectivity index (χ0n) is 23.3. The van der Waals surface area contributed by atoms with E-state index >= 15 is 0 Å². The average Bonchev–Trinajstić information content (AvgIpc) is 3.34. The number of carbonyl (C=O) groups excluding carboxylic acids is 1. The summed E-state index contributed by atoms with van der Waals surface area (Å²) in [6.07, 6.45) is 13.1. The van der Waals surface area contributed by atoms with Gasteiger partial charge < -0.3 is 24.8 Å². The lowest BCUT2D eigenvalue weighted by Crippen LogP contribution is -2.37. The molecule has 1 unspecified atom stereocenters. The summed E-state index contributed by atoms with van der Waals surface area (Å²) in [6, 6.07) is 16.9. The number of rotatable bonds is 9. The van der Waals surface area contributed by atoms with Crippen LogP contribution >= 0.6 is 0 Å². The number of ether oxygens (including phenoxy) is 1. The summed E-state index contributed by atoms with van der Waals surface area (Å²) in [4.78, 5) is 21.5. The molecule has 0 bridgehead atoms. The van der Waals surface area contributed by atoms with Gasteiger partial charge in [0.2, 0.25) is 5.91 Å². The molecule has 39 heavy (non-hydrogen) atoms. The summed E-state index contributed by atoms with van der Waals surface area (Å²) >= 11 is 0. The molecular formula is C33H40N4O2. The van der Waals surface area contributed by atoms with Gasteiger partial charge in [-0.15, -0.1) is 0 Å². The van der Waals surface area contributed by atoms with Crippen molar-refractivity contribution in [1.82, 2.24) is 9.88 Å². The molecule has 2 atom stereocenters. The fourth-order valence-corrected chi connectivity index (χ4v) is 5.44. The number of allylic oxidation sites excluding steroid dienone is 2. The molecule has 2 heterocycles. The summed E-state index contributed by atoms with van der Waals surface area (Å²) in [7, 11) is 2.13. The van der Waals surface area contributed by atoms with Crippen LogP contribution in [0.25, 0.3) is 16.5 Å². The Labute approximate surface area is 232 Å². The molecule has 5 rings (SSSR count). The number of aromatic amines is 1. The third-order valence-corrected chi connectivity index (χ3v) is 7.55. The fraction of sp³-hybridized carbons (Fsp3) is 0.364. The first kappa shape index (κ1) is 26.8. The van der Waals surface area contributed by atoms with Crippen molar-refractivity contribution < 1.29 is 9.53 Å². The minimum atomic E-state index is -0.277. The van der Waals surface area contributed by atoms with Crippen molar-refractivity contribution in [2.45, 2.75) is 39.2 Å². The zero-order valence-corrected chi connectivity index (χ0v) is 23.3. The number of anilines is 2. The normalized spacial score (nSPS) is 19.4. The Morgan fingerprint density at radius 3 is 2.92 bits per heavy atom. The van der Waals surface area contributed by atoms with Gasteiger partial charge in [0.1, 0.15) is 12.4 Å². The lowest BCUT2D eigenvalue weighted by Gasteiger charge is -2.28. The largest absolute Gasteiger partial charge is 0.489 e. The highest BCUT2D eigenvalue weighted by molar-refractivity contribution is 6.00. The smallest absolute Gasteiger partial charge is 0.234 e. The third kappa shape index (κ3) is 6.28. The first-order valence-electron chi connectivity index (χ1n) is 14.2. The Hall–Kier alpha value is -3.77. The number of fused-ring (bicyclic) bond motifs is 2. The van der Waals surface area contributed by atoms with Crippen molar-refractivity contribution in [1.29, 1.82) is 0 Å². The Bertz CT molecular complexity index is 1390. The summed E-state index contributed by atoms with van der Waals surface area (Å²) < 4.78 is 6.36. The fourth-order valence-electron chi connectivity index (χ4n) is 5.44. The monoisotopic (exact) mass is 524 g/mol. The lowest BCUT2D eigenvalue weighted by atomic mass is 9.90. The Kier molecular flexibility index (Phi) is 8.52. The number of amides is 1. The molecule has 6 heteroatoms. The second-order valence-corrected chi connectivity index (χ2v) is 10.7. The van der Waals surface area contributed by atoms with E-state index in [1.54, 1.807) is 0 Å². The van der Waals surface area contributed by atoms with Gasteiger partial charge in [0.15, 0.2) is 0 Å². The molecule has 0 radical (unpaired) electrons. The molecule has 204 valence electrons. The Morgan fingerprint density at radius 1 is 1.18 bits per heavy atom. The maximum absolute atomic E-state index is 14.0. The second-order valence-electron chi connectivity index (χ2n) is 10.7. The number of likely N-dealkylation sites (N-methyl/N-ethyl adjacent to an activating group) is 1. The molecule has 0 spiro atoms. The maximum Gasteiger partial charge on any atom is 0.234 e. The molecule has 2 aromatic carbocycles. The molecule has 6 nitrogen and oxygen atoms in total. The van der Waals surface area contributed by atoms with Crippen LogP contribution in [0.1, 0.15) is 38.7 Å². The van der Waals surface area contributed by atoms with E-state index in [0.29, 0.717) is 25.6 Å². The molecule has 1 aromatic heterocycles. The minimum absolute atomic E-state index is 0.118. The predicted molar refractivity (Wildman–Crippen MR) is 162 cm³/mol.